The summed E-state index contributed by atoms with van der Waals surface area (Å²) in [6, 6.07) is 7.66. The molecule has 0 spiro atoms. The second-order valence-corrected chi connectivity index (χ2v) is 3.30. The second-order valence-electron chi connectivity index (χ2n) is 3.30. The van der Waals surface area contributed by atoms with E-state index in [4.69, 9.17) is 15.2 Å². The van der Waals surface area contributed by atoms with Crippen LogP contribution in [0.2, 0.25) is 0 Å². The van der Waals surface area contributed by atoms with Crippen LogP contribution in [0.5, 0.6) is 11.5 Å². The predicted octanol–water partition coefficient (Wildman–Crippen LogP) is 1.01. The van der Waals surface area contributed by atoms with Crippen LogP contribution in [0.4, 0.5) is 0 Å². The molecule has 0 fully saturated rings. The molecule has 1 rings (SSSR count). The summed E-state index contributed by atoms with van der Waals surface area (Å²) in [5, 5.41) is 3.16. The summed E-state index contributed by atoms with van der Waals surface area (Å²) in [4.78, 5) is 0. The number of nitrogens with one attached hydrogen (secondary N) is 1. The Hall–Kier alpha value is -1.26. The van der Waals surface area contributed by atoms with E-state index in [0.717, 1.165) is 24.6 Å². The lowest BCUT2D eigenvalue weighted by molar-refractivity contribution is 0.307. The standard InChI is InChI=1S/C12H20N2O2/c1-2-15-11-4-3-5-12(10-11)16-9-8-14-7-6-13/h3-5,10,14H,2,6-9,13H2,1H3. The van der Waals surface area contributed by atoms with Gasteiger partial charge in [-0.05, 0) is 19.1 Å². The van der Waals surface area contributed by atoms with Gasteiger partial charge in [-0.25, -0.2) is 0 Å². The summed E-state index contributed by atoms with van der Waals surface area (Å²) in [5.74, 6) is 1.68. The van der Waals surface area contributed by atoms with Gasteiger partial charge in [0.1, 0.15) is 18.1 Å². The van der Waals surface area contributed by atoms with Gasteiger partial charge in [-0.3, -0.25) is 0 Å². The van der Waals surface area contributed by atoms with Crippen LogP contribution in [0.15, 0.2) is 24.3 Å². The molecule has 16 heavy (non-hydrogen) atoms. The number of nitrogens with two attached hydrogens (primary N) is 1. The van der Waals surface area contributed by atoms with Crippen LogP contribution in [0.25, 0.3) is 0 Å². The van der Waals surface area contributed by atoms with E-state index in [9.17, 15) is 0 Å². The monoisotopic (exact) mass is 224 g/mol. The van der Waals surface area contributed by atoms with Crippen molar-refractivity contribution < 1.29 is 9.47 Å². The number of ether oxygens (including phenoxy) is 2. The van der Waals surface area contributed by atoms with Crippen LogP contribution in [0.3, 0.4) is 0 Å². The van der Waals surface area contributed by atoms with Crippen molar-refractivity contribution in [2.24, 2.45) is 5.73 Å². The van der Waals surface area contributed by atoms with E-state index in [-0.39, 0.29) is 0 Å². The first-order chi connectivity index (χ1) is 7.86. The molecule has 0 bridgehead atoms. The maximum Gasteiger partial charge on any atom is 0.123 e. The molecule has 0 saturated carbocycles. The molecule has 0 aliphatic heterocycles. The van der Waals surface area contributed by atoms with Gasteiger partial charge in [0.15, 0.2) is 0 Å². The zero-order valence-electron chi connectivity index (χ0n) is 9.74. The van der Waals surface area contributed by atoms with Crippen molar-refractivity contribution in [3.63, 3.8) is 0 Å². The van der Waals surface area contributed by atoms with Gasteiger partial charge in [0.05, 0.1) is 6.61 Å². The van der Waals surface area contributed by atoms with Gasteiger partial charge in [-0.2, -0.15) is 0 Å². The van der Waals surface area contributed by atoms with Crippen molar-refractivity contribution in [3.8, 4) is 11.5 Å². The number of rotatable bonds is 8. The number of hydrogen-bond acceptors (Lipinski definition) is 4. The van der Waals surface area contributed by atoms with Crippen molar-refractivity contribution in [2.75, 3.05) is 32.8 Å². The Morgan fingerprint density at radius 1 is 1.19 bits per heavy atom. The van der Waals surface area contributed by atoms with Crippen LogP contribution in [-0.2, 0) is 0 Å². The summed E-state index contributed by atoms with van der Waals surface area (Å²) in [6.45, 7) is 5.54. The lowest BCUT2D eigenvalue weighted by Gasteiger charge is -2.08. The molecule has 0 amide bonds. The molecule has 0 heterocycles. The minimum atomic E-state index is 0.635. The predicted molar refractivity (Wildman–Crippen MR) is 65.0 cm³/mol. The van der Waals surface area contributed by atoms with E-state index >= 15 is 0 Å². The van der Waals surface area contributed by atoms with Crippen LogP contribution in [0, 0.1) is 0 Å². The van der Waals surface area contributed by atoms with Crippen LogP contribution in [-0.4, -0.2) is 32.8 Å². The highest BCUT2D eigenvalue weighted by molar-refractivity contribution is 5.32. The molecule has 1 aromatic rings. The second kappa shape index (κ2) is 7.96. The molecule has 90 valence electrons. The Balaban J connectivity index is 2.27. The number of hydrogen-bond donors (Lipinski definition) is 2. The van der Waals surface area contributed by atoms with Crippen molar-refractivity contribution >= 4 is 0 Å². The van der Waals surface area contributed by atoms with Crippen molar-refractivity contribution in [1.82, 2.24) is 5.32 Å². The van der Waals surface area contributed by atoms with Crippen LogP contribution in [0.1, 0.15) is 6.92 Å². The maximum atomic E-state index is 5.56. The molecule has 0 saturated heterocycles. The zero-order chi connectivity index (χ0) is 11.6. The molecule has 0 radical (unpaired) electrons. The van der Waals surface area contributed by atoms with Gasteiger partial charge < -0.3 is 20.5 Å². The minimum Gasteiger partial charge on any atom is -0.494 e. The van der Waals surface area contributed by atoms with Crippen LogP contribution < -0.4 is 20.5 Å². The third-order valence-electron chi connectivity index (χ3n) is 1.99. The first-order valence-corrected chi connectivity index (χ1v) is 5.63. The average Bonchev–Trinajstić information content (AvgIpc) is 2.30. The molecule has 4 nitrogen and oxygen atoms in total. The van der Waals surface area contributed by atoms with Crippen molar-refractivity contribution in [1.29, 1.82) is 0 Å². The van der Waals surface area contributed by atoms with E-state index < -0.39 is 0 Å². The van der Waals surface area contributed by atoms with Gasteiger partial charge >= 0.3 is 0 Å². The Labute approximate surface area is 96.7 Å². The zero-order valence-corrected chi connectivity index (χ0v) is 9.74. The smallest absolute Gasteiger partial charge is 0.123 e. The fraction of sp³-hybridized carbons (Fsp3) is 0.500. The molecule has 0 unspecified atom stereocenters. The third-order valence-corrected chi connectivity index (χ3v) is 1.99. The summed E-state index contributed by atoms with van der Waals surface area (Å²) in [6.07, 6.45) is 0. The van der Waals surface area contributed by atoms with Gasteiger partial charge in [-0.1, -0.05) is 6.07 Å². The number of benzene rings is 1. The maximum absolute atomic E-state index is 5.56. The third kappa shape index (κ3) is 5.00. The summed E-state index contributed by atoms with van der Waals surface area (Å²) in [7, 11) is 0. The van der Waals surface area contributed by atoms with Gasteiger partial charge in [0.2, 0.25) is 0 Å². The summed E-state index contributed by atoms with van der Waals surface area (Å²) < 4.78 is 10.9. The summed E-state index contributed by atoms with van der Waals surface area (Å²) >= 11 is 0. The van der Waals surface area contributed by atoms with Gasteiger partial charge in [0, 0.05) is 25.7 Å². The molecular weight excluding hydrogens is 204 g/mol. The fourth-order valence-electron chi connectivity index (χ4n) is 1.29. The average molecular weight is 224 g/mol. The van der Waals surface area contributed by atoms with E-state index in [1.54, 1.807) is 0 Å². The van der Waals surface area contributed by atoms with Crippen molar-refractivity contribution in [3.05, 3.63) is 24.3 Å². The van der Waals surface area contributed by atoms with Gasteiger partial charge in [-0.15, -0.1) is 0 Å². The quantitative estimate of drug-likeness (QED) is 0.647. The van der Waals surface area contributed by atoms with E-state index in [0.29, 0.717) is 19.8 Å². The Bertz CT molecular complexity index is 292. The molecule has 0 aliphatic carbocycles. The van der Waals surface area contributed by atoms with Crippen LogP contribution >= 0.6 is 0 Å². The van der Waals surface area contributed by atoms with E-state index in [1.807, 2.05) is 31.2 Å². The molecule has 1 aromatic carbocycles. The van der Waals surface area contributed by atoms with Gasteiger partial charge in [0.25, 0.3) is 0 Å². The topological polar surface area (TPSA) is 56.5 Å². The largest absolute Gasteiger partial charge is 0.494 e. The van der Waals surface area contributed by atoms with E-state index in [1.165, 1.54) is 0 Å². The summed E-state index contributed by atoms with van der Waals surface area (Å²) in [5.41, 5.74) is 5.36. The molecule has 0 aliphatic rings. The molecular formula is C12H20N2O2. The normalized spacial score (nSPS) is 10.1. The van der Waals surface area contributed by atoms with Crippen molar-refractivity contribution in [2.45, 2.75) is 6.92 Å². The Morgan fingerprint density at radius 3 is 2.62 bits per heavy atom. The molecule has 3 N–H and O–H groups in total. The first kappa shape index (κ1) is 12.8. The van der Waals surface area contributed by atoms with E-state index in [2.05, 4.69) is 5.32 Å². The lowest BCUT2D eigenvalue weighted by Crippen LogP contribution is -2.26. The SMILES string of the molecule is CCOc1cccc(OCCNCCN)c1. The molecule has 0 aromatic heterocycles. The lowest BCUT2D eigenvalue weighted by atomic mass is 10.3. The highest BCUT2D eigenvalue weighted by Crippen LogP contribution is 2.18. The molecule has 4 heteroatoms. The highest BCUT2D eigenvalue weighted by Gasteiger charge is 1.96. The fourth-order valence-corrected chi connectivity index (χ4v) is 1.29. The Kier molecular flexibility index (Phi) is 6.37. The highest BCUT2D eigenvalue weighted by atomic mass is 16.5. The minimum absolute atomic E-state index is 0.635. The first-order valence-electron chi connectivity index (χ1n) is 5.63. The Morgan fingerprint density at radius 2 is 1.94 bits per heavy atom. The molecule has 0 atom stereocenters.